The van der Waals surface area contributed by atoms with Crippen LogP contribution < -0.4 is 5.32 Å². The van der Waals surface area contributed by atoms with Crippen molar-refractivity contribution in [3.63, 3.8) is 0 Å². The molecular weight excluding hydrogens is 442 g/mol. The number of fused-ring (bicyclic) bond motifs is 2. The van der Waals surface area contributed by atoms with Crippen molar-refractivity contribution in [2.45, 2.75) is 57.6 Å². The van der Waals surface area contributed by atoms with Gasteiger partial charge in [0.05, 0.1) is 24.0 Å². The Bertz CT molecular complexity index is 1350. The number of nitrogens with one attached hydrogen (secondary N) is 1. The maximum atomic E-state index is 13.0. The van der Waals surface area contributed by atoms with E-state index < -0.39 is 0 Å². The predicted octanol–water partition coefficient (Wildman–Crippen LogP) is 4.04. The van der Waals surface area contributed by atoms with Gasteiger partial charge in [0.2, 0.25) is 5.95 Å². The largest absolute Gasteiger partial charge is 0.379 e. The lowest BCUT2D eigenvalue weighted by atomic mass is 9.93. The molecule has 0 bridgehead atoms. The lowest BCUT2D eigenvalue weighted by molar-refractivity contribution is 0.0346. The lowest BCUT2D eigenvalue weighted by Crippen LogP contribution is -2.30. The van der Waals surface area contributed by atoms with Gasteiger partial charge >= 0.3 is 0 Å². The zero-order valence-electron chi connectivity index (χ0n) is 20.1. The van der Waals surface area contributed by atoms with Crippen LogP contribution in [0.1, 0.15) is 55.9 Å². The van der Waals surface area contributed by atoms with Crippen LogP contribution >= 0.6 is 0 Å². The van der Waals surface area contributed by atoms with E-state index >= 15 is 0 Å². The molecular formula is C26H31N7O2. The fourth-order valence-electron chi connectivity index (χ4n) is 5.38. The summed E-state index contributed by atoms with van der Waals surface area (Å²) in [6.45, 7) is 4.47. The second kappa shape index (κ2) is 9.30. The summed E-state index contributed by atoms with van der Waals surface area (Å²) in [4.78, 5) is 24.0. The first-order chi connectivity index (χ1) is 17.2. The quantitative estimate of drug-likeness (QED) is 0.455. The van der Waals surface area contributed by atoms with Crippen LogP contribution in [-0.2, 0) is 4.74 Å². The Labute approximate surface area is 204 Å². The number of imidazole rings is 1. The Morgan fingerprint density at radius 1 is 1.09 bits per heavy atom. The summed E-state index contributed by atoms with van der Waals surface area (Å²) < 4.78 is 9.53. The van der Waals surface area contributed by atoms with Gasteiger partial charge in [0.25, 0.3) is 5.91 Å². The molecule has 0 radical (unpaired) electrons. The third-order valence-corrected chi connectivity index (χ3v) is 7.26. The molecule has 9 heteroatoms. The number of hydrogen-bond donors (Lipinski definition) is 1. The van der Waals surface area contributed by atoms with Crippen LogP contribution in [0.15, 0.2) is 43.0 Å². The van der Waals surface area contributed by atoms with E-state index in [0.717, 1.165) is 80.5 Å². The molecule has 9 nitrogen and oxygen atoms in total. The molecule has 1 saturated heterocycles. The first-order valence-corrected chi connectivity index (χ1v) is 12.7. The summed E-state index contributed by atoms with van der Waals surface area (Å²) >= 11 is 0. The Kier molecular flexibility index (Phi) is 5.85. The van der Waals surface area contributed by atoms with Gasteiger partial charge < -0.3 is 15.0 Å². The van der Waals surface area contributed by atoms with Crippen LogP contribution in [0.2, 0.25) is 0 Å². The molecule has 0 unspecified atom stereocenters. The SMILES string of the molecule is CCO[C@H]1CC[C@H](Nc2ncc3c(-c4ccc5ncc(C(=O)N6CCCC6)n5c4)ccn3n2)CC1. The number of carbonyl (C=O) groups excluding carboxylic acids is 1. The van der Waals surface area contributed by atoms with Crippen LogP contribution in [-0.4, -0.2) is 66.6 Å². The fraction of sp³-hybridized carbons (Fsp3) is 0.462. The zero-order chi connectivity index (χ0) is 23.8. The van der Waals surface area contributed by atoms with Crippen molar-refractivity contribution in [1.29, 1.82) is 0 Å². The van der Waals surface area contributed by atoms with Crippen LogP contribution in [0.5, 0.6) is 0 Å². The highest BCUT2D eigenvalue weighted by Gasteiger charge is 2.24. The molecule has 0 atom stereocenters. The Morgan fingerprint density at radius 2 is 1.91 bits per heavy atom. The predicted molar refractivity (Wildman–Crippen MR) is 134 cm³/mol. The van der Waals surface area contributed by atoms with Crippen molar-refractivity contribution >= 4 is 23.0 Å². The maximum Gasteiger partial charge on any atom is 0.272 e. The van der Waals surface area contributed by atoms with Crippen LogP contribution in [0.25, 0.3) is 22.3 Å². The van der Waals surface area contributed by atoms with Gasteiger partial charge in [0.1, 0.15) is 11.3 Å². The number of carbonyl (C=O) groups is 1. The minimum atomic E-state index is 0.0447. The molecule has 35 heavy (non-hydrogen) atoms. The average Bonchev–Trinajstić information content (AvgIpc) is 3.64. The minimum absolute atomic E-state index is 0.0447. The second-order valence-electron chi connectivity index (χ2n) is 9.50. The number of amides is 1. The van der Waals surface area contributed by atoms with Crippen molar-refractivity contribution in [3.8, 4) is 11.1 Å². The van der Waals surface area contributed by atoms with Gasteiger partial charge in [-0.15, -0.1) is 5.10 Å². The molecule has 1 N–H and O–H groups in total. The highest BCUT2D eigenvalue weighted by molar-refractivity contribution is 5.93. The highest BCUT2D eigenvalue weighted by Crippen LogP contribution is 2.28. The van der Waals surface area contributed by atoms with E-state index in [2.05, 4.69) is 22.2 Å². The molecule has 0 aromatic carbocycles. The Morgan fingerprint density at radius 3 is 2.71 bits per heavy atom. The van der Waals surface area contributed by atoms with Gasteiger partial charge in [-0.1, -0.05) is 0 Å². The molecule has 1 aliphatic carbocycles. The van der Waals surface area contributed by atoms with E-state index in [4.69, 9.17) is 9.84 Å². The third kappa shape index (κ3) is 4.25. The summed E-state index contributed by atoms with van der Waals surface area (Å²) in [6.07, 6.45) is 14.3. The minimum Gasteiger partial charge on any atom is -0.379 e. The fourth-order valence-corrected chi connectivity index (χ4v) is 5.38. The highest BCUT2D eigenvalue weighted by atomic mass is 16.5. The van der Waals surface area contributed by atoms with E-state index in [0.29, 0.717) is 23.8 Å². The van der Waals surface area contributed by atoms with Crippen LogP contribution in [0.4, 0.5) is 5.95 Å². The first kappa shape index (κ1) is 22.0. The van der Waals surface area contributed by atoms with Gasteiger partial charge in [-0.25, -0.2) is 14.5 Å². The number of rotatable bonds is 6. The number of aromatic nitrogens is 5. The number of pyridine rings is 1. The van der Waals surface area contributed by atoms with Crippen molar-refractivity contribution in [2.24, 2.45) is 0 Å². The van der Waals surface area contributed by atoms with E-state index in [9.17, 15) is 4.79 Å². The molecule has 2 fully saturated rings. The van der Waals surface area contributed by atoms with Gasteiger partial charge in [-0.3, -0.25) is 9.20 Å². The van der Waals surface area contributed by atoms with Gasteiger partial charge in [0, 0.05) is 49.3 Å². The molecule has 6 rings (SSSR count). The van der Waals surface area contributed by atoms with Crippen molar-refractivity contribution in [2.75, 3.05) is 25.0 Å². The van der Waals surface area contributed by atoms with Gasteiger partial charge in [-0.05, 0) is 63.6 Å². The summed E-state index contributed by atoms with van der Waals surface area (Å²) in [5.41, 5.74) is 4.30. The van der Waals surface area contributed by atoms with Crippen LogP contribution in [0, 0.1) is 0 Å². The smallest absolute Gasteiger partial charge is 0.272 e. The molecule has 1 amide bonds. The summed E-state index contributed by atoms with van der Waals surface area (Å²) in [5, 5.41) is 8.20. The third-order valence-electron chi connectivity index (χ3n) is 7.26. The van der Waals surface area contributed by atoms with E-state index in [1.54, 1.807) is 6.20 Å². The summed E-state index contributed by atoms with van der Waals surface area (Å²) in [5.74, 6) is 0.686. The number of likely N-dealkylation sites (tertiary alicyclic amines) is 1. The van der Waals surface area contributed by atoms with Crippen molar-refractivity contribution in [1.82, 2.24) is 28.9 Å². The normalized spacial score (nSPS) is 20.7. The number of nitrogens with zero attached hydrogens (tertiary/aromatic N) is 6. The first-order valence-electron chi connectivity index (χ1n) is 12.7. The summed E-state index contributed by atoms with van der Waals surface area (Å²) in [7, 11) is 0. The average molecular weight is 474 g/mol. The maximum absolute atomic E-state index is 13.0. The number of hydrogen-bond acceptors (Lipinski definition) is 6. The van der Waals surface area contributed by atoms with Crippen LogP contribution in [0.3, 0.4) is 0 Å². The molecule has 1 saturated carbocycles. The van der Waals surface area contributed by atoms with Gasteiger partial charge in [-0.2, -0.15) is 0 Å². The van der Waals surface area contributed by atoms with E-state index in [1.807, 2.05) is 50.6 Å². The number of ether oxygens (including phenoxy) is 1. The standard InChI is InChI=1S/C26H31N7O2/c1-2-35-20-8-6-19(7-9-20)29-26-28-15-22-21(11-14-33(22)30-26)18-5-10-24-27-16-23(32(24)17-18)25(34)31-12-3-4-13-31/h5,10-11,14-17,19-20H,2-4,6-9,12-13H2,1H3,(H,29,30)/t19-,20-. The van der Waals surface area contributed by atoms with Gasteiger partial charge in [0.15, 0.2) is 0 Å². The summed E-state index contributed by atoms with van der Waals surface area (Å²) in [6, 6.07) is 6.40. The molecule has 5 heterocycles. The zero-order valence-corrected chi connectivity index (χ0v) is 20.1. The monoisotopic (exact) mass is 473 g/mol. The molecule has 0 spiro atoms. The molecule has 4 aromatic heterocycles. The molecule has 182 valence electrons. The number of anilines is 1. The second-order valence-corrected chi connectivity index (χ2v) is 9.50. The van der Waals surface area contributed by atoms with Crippen molar-refractivity contribution in [3.05, 3.63) is 48.7 Å². The topological polar surface area (TPSA) is 89.1 Å². The van der Waals surface area contributed by atoms with E-state index in [1.165, 1.54) is 0 Å². The Balaban J connectivity index is 1.23. The molecule has 4 aromatic rings. The Hall–Kier alpha value is -3.46. The molecule has 2 aliphatic rings. The lowest BCUT2D eigenvalue weighted by Gasteiger charge is -2.28. The molecule has 1 aliphatic heterocycles. The van der Waals surface area contributed by atoms with Crippen molar-refractivity contribution < 1.29 is 9.53 Å². The van der Waals surface area contributed by atoms with E-state index in [-0.39, 0.29) is 5.91 Å².